The van der Waals surface area contributed by atoms with Gasteiger partial charge in [0.15, 0.2) is 0 Å². The molecule has 5 heteroatoms. The molecule has 0 spiro atoms. The highest BCUT2D eigenvalue weighted by molar-refractivity contribution is 7.10. The van der Waals surface area contributed by atoms with Crippen LogP contribution >= 0.6 is 11.3 Å². The van der Waals surface area contributed by atoms with Gasteiger partial charge in [-0.2, -0.15) is 0 Å². The Hall–Kier alpha value is -1.72. The first-order chi connectivity index (χ1) is 11.7. The van der Waals surface area contributed by atoms with E-state index in [0.29, 0.717) is 24.1 Å². The quantitative estimate of drug-likeness (QED) is 0.900. The fraction of sp³-hybridized carbons (Fsp3) is 0.421. The summed E-state index contributed by atoms with van der Waals surface area (Å²) in [6.07, 6.45) is 3.54. The summed E-state index contributed by atoms with van der Waals surface area (Å²) in [6, 6.07) is 9.20. The van der Waals surface area contributed by atoms with Crippen molar-refractivity contribution in [3.05, 3.63) is 57.5 Å². The Kier molecular flexibility index (Phi) is 4.37. The highest BCUT2D eigenvalue weighted by atomic mass is 32.1. The number of rotatable bonds is 5. The minimum Gasteiger partial charge on any atom is -0.351 e. The molecule has 0 bridgehead atoms. The van der Waals surface area contributed by atoms with Crippen LogP contribution in [0.4, 0.5) is 4.39 Å². The zero-order chi connectivity index (χ0) is 16.5. The van der Waals surface area contributed by atoms with Crippen LogP contribution in [0, 0.1) is 11.7 Å². The number of carbonyl (C=O) groups is 1. The topological polar surface area (TPSA) is 32.3 Å². The fourth-order valence-corrected chi connectivity index (χ4v) is 4.53. The van der Waals surface area contributed by atoms with Crippen LogP contribution in [0.2, 0.25) is 0 Å². The summed E-state index contributed by atoms with van der Waals surface area (Å²) in [5, 5.41) is 5.04. The number of fused-ring (bicyclic) bond motifs is 1. The van der Waals surface area contributed by atoms with Crippen LogP contribution in [0.25, 0.3) is 0 Å². The van der Waals surface area contributed by atoms with Crippen molar-refractivity contribution in [3.63, 3.8) is 0 Å². The maximum Gasteiger partial charge on any atom is 0.234 e. The number of nitrogens with one attached hydrogen (secondary N) is 1. The summed E-state index contributed by atoms with van der Waals surface area (Å²) in [7, 11) is 0. The lowest BCUT2D eigenvalue weighted by atomic mass is 9.96. The fourth-order valence-electron chi connectivity index (χ4n) is 3.62. The van der Waals surface area contributed by atoms with Gasteiger partial charge in [-0.3, -0.25) is 9.69 Å². The zero-order valence-corrected chi connectivity index (χ0v) is 14.3. The predicted octanol–water partition coefficient (Wildman–Crippen LogP) is 3.51. The van der Waals surface area contributed by atoms with Gasteiger partial charge < -0.3 is 5.32 Å². The second-order valence-electron chi connectivity index (χ2n) is 6.67. The molecule has 1 aliphatic carbocycles. The Labute approximate surface area is 145 Å². The van der Waals surface area contributed by atoms with Crippen molar-refractivity contribution in [2.75, 3.05) is 13.1 Å². The normalized spacial score (nSPS) is 20.6. The number of hydrogen-bond donors (Lipinski definition) is 1. The third kappa shape index (κ3) is 3.23. The minimum absolute atomic E-state index is 0.0254. The smallest absolute Gasteiger partial charge is 0.234 e. The van der Waals surface area contributed by atoms with E-state index in [9.17, 15) is 9.18 Å². The number of benzene rings is 1. The van der Waals surface area contributed by atoms with Gasteiger partial charge in [-0.1, -0.05) is 18.2 Å². The molecular weight excluding hydrogens is 323 g/mol. The van der Waals surface area contributed by atoms with E-state index in [-0.39, 0.29) is 18.3 Å². The number of amides is 1. The van der Waals surface area contributed by atoms with Gasteiger partial charge in [0.05, 0.1) is 6.54 Å². The van der Waals surface area contributed by atoms with Crippen molar-refractivity contribution < 1.29 is 9.18 Å². The van der Waals surface area contributed by atoms with Crippen molar-refractivity contribution >= 4 is 17.2 Å². The molecule has 0 radical (unpaired) electrons. The number of carbonyl (C=O) groups excluding carboxylic acids is 1. The van der Waals surface area contributed by atoms with Gasteiger partial charge in [0, 0.05) is 29.6 Å². The van der Waals surface area contributed by atoms with Crippen molar-refractivity contribution in [1.82, 2.24) is 10.2 Å². The summed E-state index contributed by atoms with van der Waals surface area (Å²) in [5.74, 6) is 0.398. The van der Waals surface area contributed by atoms with E-state index < -0.39 is 0 Å². The third-order valence-corrected chi connectivity index (χ3v) is 5.96. The second-order valence-corrected chi connectivity index (χ2v) is 7.67. The van der Waals surface area contributed by atoms with Gasteiger partial charge in [0.1, 0.15) is 5.82 Å². The van der Waals surface area contributed by atoms with E-state index >= 15 is 0 Å². The Morgan fingerprint density at radius 1 is 1.29 bits per heavy atom. The van der Waals surface area contributed by atoms with Crippen molar-refractivity contribution in [2.45, 2.75) is 31.8 Å². The molecule has 1 aliphatic heterocycles. The summed E-state index contributed by atoms with van der Waals surface area (Å²) in [5.41, 5.74) is 1.96. The number of hydrogen-bond acceptors (Lipinski definition) is 3. The van der Waals surface area contributed by atoms with Gasteiger partial charge in [-0.15, -0.1) is 11.3 Å². The monoisotopic (exact) mass is 344 g/mol. The molecule has 3 nitrogen and oxygen atoms in total. The molecule has 1 saturated carbocycles. The molecule has 1 fully saturated rings. The van der Waals surface area contributed by atoms with Gasteiger partial charge in [0.25, 0.3) is 0 Å². The van der Waals surface area contributed by atoms with Crippen molar-refractivity contribution in [3.8, 4) is 0 Å². The van der Waals surface area contributed by atoms with Crippen molar-refractivity contribution in [2.24, 2.45) is 5.92 Å². The predicted molar refractivity (Wildman–Crippen MR) is 93.3 cm³/mol. The van der Waals surface area contributed by atoms with E-state index in [0.717, 1.165) is 13.0 Å². The molecule has 4 rings (SSSR count). The van der Waals surface area contributed by atoms with Crippen molar-refractivity contribution in [1.29, 1.82) is 0 Å². The van der Waals surface area contributed by atoms with E-state index in [2.05, 4.69) is 21.7 Å². The summed E-state index contributed by atoms with van der Waals surface area (Å²) < 4.78 is 13.6. The maximum absolute atomic E-state index is 13.6. The molecule has 1 N–H and O–H groups in total. The minimum atomic E-state index is -0.269. The Morgan fingerprint density at radius 2 is 2.12 bits per heavy atom. The van der Waals surface area contributed by atoms with Crippen LogP contribution < -0.4 is 5.32 Å². The molecule has 2 aliphatic rings. The van der Waals surface area contributed by atoms with Crippen LogP contribution in [0.1, 0.15) is 34.9 Å². The molecule has 126 valence electrons. The lowest BCUT2D eigenvalue weighted by Crippen LogP contribution is -2.43. The highest BCUT2D eigenvalue weighted by Crippen LogP contribution is 2.48. The summed E-state index contributed by atoms with van der Waals surface area (Å²) in [4.78, 5) is 16.2. The molecule has 2 aromatic rings. The molecule has 2 heterocycles. The Morgan fingerprint density at radius 3 is 2.92 bits per heavy atom. The first kappa shape index (κ1) is 15.8. The largest absolute Gasteiger partial charge is 0.351 e. The van der Waals surface area contributed by atoms with Crippen LogP contribution in [0.3, 0.4) is 0 Å². The summed E-state index contributed by atoms with van der Waals surface area (Å²) >= 11 is 1.84. The molecule has 1 aromatic heterocycles. The van der Waals surface area contributed by atoms with Gasteiger partial charge >= 0.3 is 0 Å². The van der Waals surface area contributed by atoms with Crippen LogP contribution in [0.15, 0.2) is 35.7 Å². The summed E-state index contributed by atoms with van der Waals surface area (Å²) in [6.45, 7) is 1.57. The van der Waals surface area contributed by atoms with Crippen LogP contribution in [0.5, 0.6) is 0 Å². The van der Waals surface area contributed by atoms with E-state index in [1.165, 1.54) is 29.3 Å². The van der Waals surface area contributed by atoms with Gasteiger partial charge in [-0.05, 0) is 48.3 Å². The van der Waals surface area contributed by atoms with E-state index in [4.69, 9.17) is 0 Å². The third-order valence-electron chi connectivity index (χ3n) is 4.97. The highest BCUT2D eigenvalue weighted by Gasteiger charge is 2.40. The molecule has 1 atom stereocenters. The first-order valence-corrected chi connectivity index (χ1v) is 9.41. The lowest BCUT2D eigenvalue weighted by Gasteiger charge is -2.35. The molecular formula is C19H21FN2OS. The molecule has 1 aromatic carbocycles. The molecule has 1 amide bonds. The molecule has 24 heavy (non-hydrogen) atoms. The average Bonchev–Trinajstić information content (AvgIpc) is 3.30. The Balaban J connectivity index is 1.39. The number of nitrogens with zero attached hydrogens (tertiary/aromatic N) is 1. The molecule has 0 unspecified atom stereocenters. The van der Waals surface area contributed by atoms with E-state index in [1.807, 2.05) is 11.3 Å². The Bertz CT molecular complexity index is 740. The number of halogens is 1. The zero-order valence-electron chi connectivity index (χ0n) is 13.5. The number of thiophene rings is 1. The van der Waals surface area contributed by atoms with E-state index in [1.54, 1.807) is 18.2 Å². The maximum atomic E-state index is 13.6. The lowest BCUT2D eigenvalue weighted by molar-refractivity contribution is -0.123. The second kappa shape index (κ2) is 6.65. The molecule has 0 saturated heterocycles. The standard InChI is InChI=1S/C19H21FN2OS/c20-16-4-2-1-3-14(16)11-21-18(23)12-22-9-7-17-15(8-10-24-17)19(22)13-5-6-13/h1-4,8,10,13,19H,5-7,9,11-12H2,(H,21,23)/t19-/m0/s1. The van der Waals surface area contributed by atoms with Gasteiger partial charge in [0.2, 0.25) is 5.91 Å². The van der Waals surface area contributed by atoms with Crippen LogP contribution in [-0.2, 0) is 17.8 Å². The SMILES string of the molecule is O=C(CN1CCc2sccc2[C@@H]1C1CC1)NCc1ccccc1F. The van der Waals surface area contributed by atoms with Crippen LogP contribution in [-0.4, -0.2) is 23.9 Å². The average molecular weight is 344 g/mol. The van der Waals surface area contributed by atoms with Gasteiger partial charge in [-0.25, -0.2) is 4.39 Å². The first-order valence-electron chi connectivity index (χ1n) is 8.53.